The number of primary amides is 1. The summed E-state index contributed by atoms with van der Waals surface area (Å²) >= 11 is 0. The van der Waals surface area contributed by atoms with E-state index in [1.807, 2.05) is 42.7 Å². The van der Waals surface area contributed by atoms with E-state index in [0.717, 1.165) is 16.3 Å². The molecule has 6 heteroatoms. The van der Waals surface area contributed by atoms with E-state index in [2.05, 4.69) is 4.98 Å². The minimum absolute atomic E-state index is 0.116. The summed E-state index contributed by atoms with van der Waals surface area (Å²) in [5.74, 6) is -0.331. The SMILES string of the molecule is CC(C)C(=N)Cn1c2ccccc2c2cc(C(N)=O)c(N)nc21. The number of carbonyl (C=O) groups is 1. The average Bonchev–Trinajstić information content (AvgIpc) is 2.80. The van der Waals surface area contributed by atoms with Crippen LogP contribution in [0.25, 0.3) is 21.9 Å². The van der Waals surface area contributed by atoms with Gasteiger partial charge >= 0.3 is 0 Å². The number of aromatic nitrogens is 2. The summed E-state index contributed by atoms with van der Waals surface area (Å²) in [6.07, 6.45) is 0. The molecule has 1 amide bonds. The zero-order valence-electron chi connectivity index (χ0n) is 13.1. The molecule has 3 rings (SSSR count). The van der Waals surface area contributed by atoms with Crippen LogP contribution in [0.3, 0.4) is 0 Å². The van der Waals surface area contributed by atoms with Gasteiger partial charge in [0.05, 0.1) is 17.6 Å². The zero-order valence-corrected chi connectivity index (χ0v) is 13.1. The van der Waals surface area contributed by atoms with Crippen molar-refractivity contribution in [2.75, 3.05) is 5.73 Å². The molecule has 0 spiro atoms. The van der Waals surface area contributed by atoms with E-state index in [-0.39, 0.29) is 17.3 Å². The number of nitrogen functional groups attached to an aromatic ring is 1. The standard InChI is InChI=1S/C17H19N5O/c1-9(2)13(18)8-22-14-6-4-3-5-10(14)11-7-12(16(20)23)15(19)21-17(11)22/h3-7,9,18H,8H2,1-2H3,(H2,19,21)(H2,20,23). The van der Waals surface area contributed by atoms with Crippen LogP contribution >= 0.6 is 0 Å². The van der Waals surface area contributed by atoms with Crippen molar-refractivity contribution < 1.29 is 4.79 Å². The predicted octanol–water partition coefficient (Wildman–Crippen LogP) is 2.55. The van der Waals surface area contributed by atoms with Gasteiger partial charge in [-0.3, -0.25) is 4.79 Å². The molecule has 0 radical (unpaired) electrons. The van der Waals surface area contributed by atoms with E-state index in [9.17, 15) is 4.79 Å². The van der Waals surface area contributed by atoms with Crippen LogP contribution in [0.15, 0.2) is 30.3 Å². The van der Waals surface area contributed by atoms with Gasteiger partial charge in [0.2, 0.25) is 0 Å². The summed E-state index contributed by atoms with van der Waals surface area (Å²) in [6, 6.07) is 9.51. The molecule has 0 atom stereocenters. The third kappa shape index (κ3) is 2.42. The van der Waals surface area contributed by atoms with E-state index in [4.69, 9.17) is 16.9 Å². The van der Waals surface area contributed by atoms with Gasteiger partial charge in [-0.2, -0.15) is 0 Å². The van der Waals surface area contributed by atoms with Crippen molar-refractivity contribution >= 4 is 39.4 Å². The highest BCUT2D eigenvalue weighted by atomic mass is 16.1. The monoisotopic (exact) mass is 309 g/mol. The lowest BCUT2D eigenvalue weighted by Crippen LogP contribution is -2.16. The number of nitrogens with zero attached hydrogens (tertiary/aromatic N) is 2. The van der Waals surface area contributed by atoms with Crippen molar-refractivity contribution in [2.45, 2.75) is 20.4 Å². The van der Waals surface area contributed by atoms with Gasteiger partial charge < -0.3 is 21.4 Å². The number of amides is 1. The molecule has 0 bridgehead atoms. The normalized spacial score (nSPS) is 11.4. The fourth-order valence-corrected chi connectivity index (χ4v) is 2.68. The Hall–Kier alpha value is -2.89. The van der Waals surface area contributed by atoms with Gasteiger partial charge in [-0.15, -0.1) is 0 Å². The topological polar surface area (TPSA) is 111 Å². The minimum atomic E-state index is -0.594. The number of fused-ring (bicyclic) bond motifs is 3. The molecule has 2 aromatic heterocycles. The lowest BCUT2D eigenvalue weighted by molar-refractivity contribution is 0.100. The number of rotatable bonds is 4. The maximum absolute atomic E-state index is 11.5. The molecule has 1 aromatic carbocycles. The molecule has 0 aliphatic heterocycles. The first-order valence-electron chi connectivity index (χ1n) is 7.44. The number of nitrogens with one attached hydrogen (secondary N) is 1. The fourth-order valence-electron chi connectivity index (χ4n) is 2.68. The van der Waals surface area contributed by atoms with Crippen LogP contribution < -0.4 is 11.5 Å². The second kappa shape index (κ2) is 5.39. The van der Waals surface area contributed by atoms with Crippen LogP contribution in [-0.2, 0) is 6.54 Å². The molecule has 0 aliphatic carbocycles. The summed E-state index contributed by atoms with van der Waals surface area (Å²) in [6.45, 7) is 4.41. The highest BCUT2D eigenvalue weighted by Gasteiger charge is 2.17. The molecular formula is C17H19N5O. The number of hydrogen-bond acceptors (Lipinski definition) is 4. The summed E-state index contributed by atoms with van der Waals surface area (Å²) in [4.78, 5) is 15.9. The van der Waals surface area contributed by atoms with Crippen molar-refractivity contribution in [2.24, 2.45) is 11.7 Å². The van der Waals surface area contributed by atoms with Gasteiger partial charge in [-0.05, 0) is 18.1 Å². The van der Waals surface area contributed by atoms with E-state index in [0.29, 0.717) is 17.9 Å². The van der Waals surface area contributed by atoms with Crippen molar-refractivity contribution in [3.05, 3.63) is 35.9 Å². The molecule has 0 unspecified atom stereocenters. The molecule has 6 nitrogen and oxygen atoms in total. The van der Waals surface area contributed by atoms with Crippen molar-refractivity contribution in [1.82, 2.24) is 9.55 Å². The third-order valence-electron chi connectivity index (χ3n) is 4.06. The molecule has 2 heterocycles. The van der Waals surface area contributed by atoms with E-state index in [1.54, 1.807) is 6.07 Å². The summed E-state index contributed by atoms with van der Waals surface area (Å²) < 4.78 is 1.97. The zero-order chi connectivity index (χ0) is 16.7. The fraction of sp³-hybridized carbons (Fsp3) is 0.235. The van der Waals surface area contributed by atoms with Crippen LogP contribution in [0.5, 0.6) is 0 Å². The molecule has 0 saturated carbocycles. The summed E-state index contributed by atoms with van der Waals surface area (Å²) in [5, 5.41) is 9.97. The van der Waals surface area contributed by atoms with Gasteiger partial charge in [0.15, 0.2) is 0 Å². The Balaban J connectivity index is 2.35. The Labute approximate surface area is 133 Å². The first kappa shape index (κ1) is 15.0. The predicted molar refractivity (Wildman–Crippen MR) is 92.7 cm³/mol. The van der Waals surface area contributed by atoms with Crippen LogP contribution in [0.4, 0.5) is 5.82 Å². The number of pyridine rings is 1. The molecule has 0 aliphatic rings. The Morgan fingerprint density at radius 1 is 1.30 bits per heavy atom. The Morgan fingerprint density at radius 2 is 2.00 bits per heavy atom. The average molecular weight is 309 g/mol. The first-order valence-corrected chi connectivity index (χ1v) is 7.44. The lowest BCUT2D eigenvalue weighted by Gasteiger charge is -2.11. The van der Waals surface area contributed by atoms with Gasteiger partial charge in [-0.1, -0.05) is 32.0 Å². The highest BCUT2D eigenvalue weighted by molar-refractivity contribution is 6.11. The Bertz CT molecular complexity index is 939. The minimum Gasteiger partial charge on any atom is -0.383 e. The number of benzene rings is 1. The van der Waals surface area contributed by atoms with Crippen LogP contribution in [0, 0.1) is 11.3 Å². The first-order chi connectivity index (χ1) is 10.9. The molecule has 5 N–H and O–H groups in total. The van der Waals surface area contributed by atoms with Gasteiger partial charge in [-0.25, -0.2) is 4.98 Å². The maximum atomic E-state index is 11.5. The lowest BCUT2D eigenvalue weighted by atomic mass is 10.1. The molecule has 3 aromatic rings. The summed E-state index contributed by atoms with van der Waals surface area (Å²) in [5.41, 5.74) is 13.7. The van der Waals surface area contributed by atoms with E-state index < -0.39 is 5.91 Å². The molecule has 0 fully saturated rings. The second-order valence-electron chi connectivity index (χ2n) is 5.94. The van der Waals surface area contributed by atoms with Gasteiger partial charge in [0.1, 0.15) is 11.5 Å². The molecule has 0 saturated heterocycles. The van der Waals surface area contributed by atoms with Crippen LogP contribution in [0.2, 0.25) is 0 Å². The van der Waals surface area contributed by atoms with E-state index in [1.165, 1.54) is 0 Å². The number of hydrogen-bond donors (Lipinski definition) is 3. The third-order valence-corrected chi connectivity index (χ3v) is 4.06. The Morgan fingerprint density at radius 3 is 2.65 bits per heavy atom. The molecule has 118 valence electrons. The van der Waals surface area contributed by atoms with E-state index >= 15 is 0 Å². The smallest absolute Gasteiger partial charge is 0.252 e. The van der Waals surface area contributed by atoms with Crippen molar-refractivity contribution in [3.63, 3.8) is 0 Å². The number of para-hydroxylation sites is 1. The van der Waals surface area contributed by atoms with Crippen LogP contribution in [-0.4, -0.2) is 21.2 Å². The van der Waals surface area contributed by atoms with Crippen molar-refractivity contribution in [3.8, 4) is 0 Å². The highest BCUT2D eigenvalue weighted by Crippen LogP contribution is 2.30. The Kier molecular flexibility index (Phi) is 3.52. The molecular weight excluding hydrogens is 290 g/mol. The number of carbonyl (C=O) groups excluding carboxylic acids is 1. The largest absolute Gasteiger partial charge is 0.383 e. The quantitative estimate of drug-likeness (QED) is 0.644. The van der Waals surface area contributed by atoms with Gasteiger partial charge in [0.25, 0.3) is 5.91 Å². The van der Waals surface area contributed by atoms with Gasteiger partial charge in [0, 0.05) is 16.5 Å². The van der Waals surface area contributed by atoms with Crippen LogP contribution in [0.1, 0.15) is 24.2 Å². The van der Waals surface area contributed by atoms with Crippen molar-refractivity contribution in [1.29, 1.82) is 5.41 Å². The molecule has 23 heavy (non-hydrogen) atoms. The number of anilines is 1. The number of nitrogens with two attached hydrogens (primary N) is 2. The second-order valence-corrected chi connectivity index (χ2v) is 5.94. The maximum Gasteiger partial charge on any atom is 0.252 e. The summed E-state index contributed by atoms with van der Waals surface area (Å²) in [7, 11) is 0.